The first-order valence-electron chi connectivity index (χ1n) is 7.64. The molecule has 2 unspecified atom stereocenters. The number of nitrogens with one attached hydrogen (secondary N) is 1. The minimum Gasteiger partial charge on any atom is -0.493 e. The number of benzene rings is 1. The van der Waals surface area contributed by atoms with Crippen LogP contribution in [0.25, 0.3) is 0 Å². The summed E-state index contributed by atoms with van der Waals surface area (Å²) >= 11 is 0. The standard InChI is InChI=1S/C16H24N2O2/c17-18-15(12-5-8-19-9-6-12)11-13-7-10-20-16-4-2-1-3-14(13)16/h1-4,12-13,15,18H,5-11,17H2. The number of nitrogens with two attached hydrogens (primary N) is 1. The normalized spacial score (nSPS) is 24.8. The molecule has 1 aromatic rings. The molecule has 0 aliphatic carbocycles. The Kier molecular flexibility index (Phi) is 4.55. The summed E-state index contributed by atoms with van der Waals surface area (Å²) in [5, 5.41) is 0. The number of para-hydroxylation sites is 1. The Morgan fingerprint density at radius 1 is 1.15 bits per heavy atom. The smallest absolute Gasteiger partial charge is 0.122 e. The van der Waals surface area contributed by atoms with Gasteiger partial charge in [0.05, 0.1) is 6.61 Å². The Bertz CT molecular complexity index is 432. The number of fused-ring (bicyclic) bond motifs is 1. The Balaban J connectivity index is 1.70. The van der Waals surface area contributed by atoms with E-state index in [9.17, 15) is 0 Å². The van der Waals surface area contributed by atoms with Gasteiger partial charge in [-0.3, -0.25) is 11.3 Å². The van der Waals surface area contributed by atoms with Gasteiger partial charge >= 0.3 is 0 Å². The van der Waals surface area contributed by atoms with Crippen LogP contribution in [0.15, 0.2) is 24.3 Å². The molecule has 0 saturated carbocycles. The van der Waals surface area contributed by atoms with Gasteiger partial charge in [0, 0.05) is 19.3 Å². The number of hydrazine groups is 1. The van der Waals surface area contributed by atoms with E-state index in [2.05, 4.69) is 23.6 Å². The van der Waals surface area contributed by atoms with E-state index >= 15 is 0 Å². The summed E-state index contributed by atoms with van der Waals surface area (Å²) in [6.07, 6.45) is 4.39. The lowest BCUT2D eigenvalue weighted by molar-refractivity contribution is 0.0508. The SMILES string of the molecule is NNC(CC1CCOc2ccccc21)C1CCOCC1. The fraction of sp³-hybridized carbons (Fsp3) is 0.625. The van der Waals surface area contributed by atoms with Gasteiger partial charge < -0.3 is 9.47 Å². The molecular formula is C16H24N2O2. The highest BCUT2D eigenvalue weighted by molar-refractivity contribution is 5.37. The van der Waals surface area contributed by atoms with Gasteiger partial charge in [0.2, 0.25) is 0 Å². The molecule has 2 heterocycles. The van der Waals surface area contributed by atoms with Crippen molar-refractivity contribution in [2.45, 2.75) is 37.6 Å². The quantitative estimate of drug-likeness (QED) is 0.654. The third kappa shape index (κ3) is 2.97. The molecule has 2 aliphatic heterocycles. The zero-order valence-corrected chi connectivity index (χ0v) is 11.9. The van der Waals surface area contributed by atoms with Crippen LogP contribution in [0, 0.1) is 5.92 Å². The second-order valence-corrected chi connectivity index (χ2v) is 5.83. The number of hydrogen-bond donors (Lipinski definition) is 2. The van der Waals surface area contributed by atoms with Gasteiger partial charge in [0.1, 0.15) is 5.75 Å². The lowest BCUT2D eigenvalue weighted by Gasteiger charge is -2.34. The summed E-state index contributed by atoms with van der Waals surface area (Å²) in [6.45, 7) is 2.55. The second-order valence-electron chi connectivity index (χ2n) is 5.83. The summed E-state index contributed by atoms with van der Waals surface area (Å²) < 4.78 is 11.2. The third-order valence-corrected chi connectivity index (χ3v) is 4.67. The predicted molar refractivity (Wildman–Crippen MR) is 78.6 cm³/mol. The number of hydrogen-bond acceptors (Lipinski definition) is 4. The Labute approximate surface area is 120 Å². The Morgan fingerprint density at radius 2 is 1.95 bits per heavy atom. The van der Waals surface area contributed by atoms with Crippen molar-refractivity contribution >= 4 is 0 Å². The lowest BCUT2D eigenvalue weighted by Crippen LogP contribution is -2.44. The highest BCUT2D eigenvalue weighted by atomic mass is 16.5. The molecule has 0 radical (unpaired) electrons. The van der Waals surface area contributed by atoms with Gasteiger partial charge in [-0.1, -0.05) is 18.2 Å². The van der Waals surface area contributed by atoms with Crippen molar-refractivity contribution in [3.05, 3.63) is 29.8 Å². The van der Waals surface area contributed by atoms with Gasteiger partial charge in [0.15, 0.2) is 0 Å². The van der Waals surface area contributed by atoms with Crippen LogP contribution in [0.2, 0.25) is 0 Å². The van der Waals surface area contributed by atoms with Crippen molar-refractivity contribution in [1.29, 1.82) is 0 Å². The summed E-state index contributed by atoms with van der Waals surface area (Å²) in [5.41, 5.74) is 4.39. The summed E-state index contributed by atoms with van der Waals surface area (Å²) in [7, 11) is 0. The first-order chi connectivity index (χ1) is 9.88. The van der Waals surface area contributed by atoms with Crippen LogP contribution in [0.1, 0.15) is 37.2 Å². The molecule has 0 bridgehead atoms. The van der Waals surface area contributed by atoms with E-state index in [-0.39, 0.29) is 0 Å². The topological polar surface area (TPSA) is 56.5 Å². The molecule has 0 amide bonds. The van der Waals surface area contributed by atoms with Crippen molar-refractivity contribution in [2.24, 2.45) is 11.8 Å². The highest BCUT2D eigenvalue weighted by Crippen LogP contribution is 2.37. The van der Waals surface area contributed by atoms with Gasteiger partial charge in [-0.25, -0.2) is 0 Å². The molecule has 2 aliphatic rings. The molecule has 1 aromatic carbocycles. The Hall–Kier alpha value is -1.10. The van der Waals surface area contributed by atoms with E-state index in [1.165, 1.54) is 5.56 Å². The highest BCUT2D eigenvalue weighted by Gasteiger charge is 2.29. The van der Waals surface area contributed by atoms with Crippen LogP contribution in [0.3, 0.4) is 0 Å². The largest absolute Gasteiger partial charge is 0.493 e. The van der Waals surface area contributed by atoms with Crippen molar-refractivity contribution in [1.82, 2.24) is 5.43 Å². The molecule has 4 heteroatoms. The van der Waals surface area contributed by atoms with E-state index in [0.29, 0.717) is 17.9 Å². The maximum Gasteiger partial charge on any atom is 0.122 e. The molecule has 110 valence electrons. The van der Waals surface area contributed by atoms with Crippen LogP contribution < -0.4 is 16.0 Å². The summed E-state index contributed by atoms with van der Waals surface area (Å²) in [6, 6.07) is 8.77. The third-order valence-electron chi connectivity index (χ3n) is 4.67. The van der Waals surface area contributed by atoms with Gasteiger partial charge in [-0.05, 0) is 49.1 Å². The first kappa shape index (κ1) is 13.9. The maximum absolute atomic E-state index is 5.82. The van der Waals surface area contributed by atoms with Gasteiger partial charge in [-0.15, -0.1) is 0 Å². The number of rotatable bonds is 4. The van der Waals surface area contributed by atoms with Crippen molar-refractivity contribution in [3.8, 4) is 5.75 Å². The van der Waals surface area contributed by atoms with E-state index < -0.39 is 0 Å². The molecule has 3 rings (SSSR count). The van der Waals surface area contributed by atoms with E-state index in [1.807, 2.05) is 6.07 Å². The van der Waals surface area contributed by atoms with Crippen LogP contribution in [-0.4, -0.2) is 25.9 Å². The zero-order valence-electron chi connectivity index (χ0n) is 11.9. The second kappa shape index (κ2) is 6.57. The molecule has 3 N–H and O–H groups in total. The van der Waals surface area contributed by atoms with Crippen LogP contribution in [0.4, 0.5) is 0 Å². The first-order valence-corrected chi connectivity index (χ1v) is 7.64. The Morgan fingerprint density at radius 3 is 2.75 bits per heavy atom. The molecule has 4 nitrogen and oxygen atoms in total. The molecule has 2 atom stereocenters. The van der Waals surface area contributed by atoms with Crippen molar-refractivity contribution < 1.29 is 9.47 Å². The van der Waals surface area contributed by atoms with E-state index in [4.69, 9.17) is 15.3 Å². The predicted octanol–water partition coefficient (Wildman–Crippen LogP) is 2.20. The molecular weight excluding hydrogens is 252 g/mol. The molecule has 0 spiro atoms. The summed E-state index contributed by atoms with van der Waals surface area (Å²) in [5.74, 6) is 8.04. The van der Waals surface area contributed by atoms with Crippen LogP contribution in [0.5, 0.6) is 5.75 Å². The minimum absolute atomic E-state index is 0.370. The van der Waals surface area contributed by atoms with E-state index in [1.54, 1.807) is 0 Å². The monoisotopic (exact) mass is 276 g/mol. The minimum atomic E-state index is 0.370. The average Bonchev–Trinajstić information content (AvgIpc) is 2.53. The molecule has 1 fully saturated rings. The lowest BCUT2D eigenvalue weighted by atomic mass is 9.81. The molecule has 20 heavy (non-hydrogen) atoms. The zero-order chi connectivity index (χ0) is 13.8. The van der Waals surface area contributed by atoms with E-state index in [0.717, 1.165) is 51.3 Å². The van der Waals surface area contributed by atoms with Gasteiger partial charge in [-0.2, -0.15) is 0 Å². The molecule has 1 saturated heterocycles. The van der Waals surface area contributed by atoms with Gasteiger partial charge in [0.25, 0.3) is 0 Å². The van der Waals surface area contributed by atoms with Crippen molar-refractivity contribution in [3.63, 3.8) is 0 Å². The fourth-order valence-corrected chi connectivity index (χ4v) is 3.48. The van der Waals surface area contributed by atoms with Crippen LogP contribution >= 0.6 is 0 Å². The molecule has 0 aromatic heterocycles. The van der Waals surface area contributed by atoms with Crippen molar-refractivity contribution in [2.75, 3.05) is 19.8 Å². The fourth-order valence-electron chi connectivity index (χ4n) is 3.48. The number of ether oxygens (including phenoxy) is 2. The average molecular weight is 276 g/mol. The summed E-state index contributed by atoms with van der Waals surface area (Å²) in [4.78, 5) is 0. The van der Waals surface area contributed by atoms with Crippen LogP contribution in [-0.2, 0) is 4.74 Å². The maximum atomic E-state index is 5.82.